The normalized spacial score (nSPS) is 10.8. The van der Waals surface area contributed by atoms with Crippen LogP contribution in [0.2, 0.25) is 10.3 Å². The van der Waals surface area contributed by atoms with E-state index in [4.69, 9.17) is 23.2 Å². The molecule has 0 aromatic carbocycles. The quantitative estimate of drug-likeness (QED) is 0.390. The number of nitrogens with zero attached hydrogens (tertiary/aromatic N) is 8. The Hall–Kier alpha value is -2.58. The molecule has 8 nitrogen and oxygen atoms in total. The van der Waals surface area contributed by atoms with Crippen molar-refractivity contribution < 1.29 is 0 Å². The zero-order valence-electron chi connectivity index (χ0n) is 17.0. The maximum atomic E-state index is 6.10. The standard InChI is InChI=1S/C20H24Cl2N8/c1-3-5-7-29(17-9-15(21)23-12-25-17)19-11-20(28-14-27-19)30(8-6-4-2)18-10-16(22)24-13-26-18/h9-14H,3-8H2,1-2H3. The summed E-state index contributed by atoms with van der Waals surface area (Å²) in [5.41, 5.74) is 0. The Balaban J connectivity index is 1.99. The highest BCUT2D eigenvalue weighted by molar-refractivity contribution is 6.29. The molecule has 3 aromatic heterocycles. The second kappa shape index (κ2) is 11.0. The van der Waals surface area contributed by atoms with E-state index in [1.54, 1.807) is 18.5 Å². The highest BCUT2D eigenvalue weighted by Gasteiger charge is 2.18. The summed E-state index contributed by atoms with van der Waals surface area (Å²) in [6.07, 6.45) is 8.48. The Morgan fingerprint density at radius 1 is 0.600 bits per heavy atom. The molecule has 0 saturated heterocycles. The molecule has 0 N–H and O–H groups in total. The second-order valence-electron chi connectivity index (χ2n) is 6.64. The van der Waals surface area contributed by atoms with Gasteiger partial charge in [-0.05, 0) is 12.8 Å². The van der Waals surface area contributed by atoms with Gasteiger partial charge in [0.1, 0.15) is 52.6 Å². The first-order valence-electron chi connectivity index (χ1n) is 9.94. The van der Waals surface area contributed by atoms with E-state index < -0.39 is 0 Å². The molecular weight excluding hydrogens is 423 g/mol. The zero-order valence-corrected chi connectivity index (χ0v) is 18.6. The van der Waals surface area contributed by atoms with Crippen molar-refractivity contribution in [3.8, 4) is 0 Å². The molecule has 0 aliphatic carbocycles. The van der Waals surface area contributed by atoms with Gasteiger partial charge in [0, 0.05) is 31.3 Å². The van der Waals surface area contributed by atoms with Crippen LogP contribution >= 0.6 is 23.2 Å². The van der Waals surface area contributed by atoms with Crippen LogP contribution in [0.15, 0.2) is 37.2 Å². The average Bonchev–Trinajstić information content (AvgIpc) is 2.75. The Bertz CT molecular complexity index is 883. The van der Waals surface area contributed by atoms with Gasteiger partial charge in [-0.15, -0.1) is 0 Å². The summed E-state index contributed by atoms with van der Waals surface area (Å²) in [4.78, 5) is 29.8. The maximum absolute atomic E-state index is 6.10. The van der Waals surface area contributed by atoms with E-state index in [1.807, 2.05) is 15.9 Å². The van der Waals surface area contributed by atoms with Crippen molar-refractivity contribution in [3.05, 3.63) is 47.5 Å². The van der Waals surface area contributed by atoms with Crippen LogP contribution in [0.25, 0.3) is 0 Å². The SMILES string of the molecule is CCCCN(c1cc(Cl)ncn1)c1cc(N(CCCC)c2cc(Cl)ncn2)ncn1. The van der Waals surface area contributed by atoms with Gasteiger partial charge in [0.25, 0.3) is 0 Å². The van der Waals surface area contributed by atoms with Gasteiger partial charge in [-0.1, -0.05) is 49.9 Å². The molecule has 0 spiro atoms. The topological polar surface area (TPSA) is 83.8 Å². The lowest BCUT2D eigenvalue weighted by Gasteiger charge is -2.26. The fourth-order valence-corrected chi connectivity index (χ4v) is 3.18. The third-order valence-corrected chi connectivity index (χ3v) is 4.87. The van der Waals surface area contributed by atoms with Crippen molar-refractivity contribution in [2.45, 2.75) is 39.5 Å². The van der Waals surface area contributed by atoms with Crippen molar-refractivity contribution in [3.63, 3.8) is 0 Å². The van der Waals surface area contributed by atoms with Gasteiger partial charge in [-0.2, -0.15) is 0 Å². The first-order valence-corrected chi connectivity index (χ1v) is 10.7. The molecule has 0 radical (unpaired) electrons. The molecule has 0 aliphatic heterocycles. The zero-order chi connectivity index (χ0) is 21.3. The van der Waals surface area contributed by atoms with Gasteiger partial charge >= 0.3 is 0 Å². The van der Waals surface area contributed by atoms with E-state index in [1.165, 1.54) is 12.7 Å². The third kappa shape index (κ3) is 5.73. The summed E-state index contributed by atoms with van der Waals surface area (Å²) in [5, 5.41) is 0.770. The number of halogens is 2. The van der Waals surface area contributed by atoms with Crippen LogP contribution in [0.3, 0.4) is 0 Å². The van der Waals surface area contributed by atoms with Crippen LogP contribution in [0, 0.1) is 0 Å². The predicted octanol–water partition coefficient (Wildman–Crippen LogP) is 5.24. The van der Waals surface area contributed by atoms with Gasteiger partial charge in [0.15, 0.2) is 0 Å². The minimum absolute atomic E-state index is 0.385. The van der Waals surface area contributed by atoms with Gasteiger partial charge in [0.2, 0.25) is 0 Å². The van der Waals surface area contributed by atoms with Crippen LogP contribution in [0.5, 0.6) is 0 Å². The molecule has 0 aliphatic rings. The highest BCUT2D eigenvalue weighted by Crippen LogP contribution is 2.29. The average molecular weight is 447 g/mol. The number of unbranched alkanes of at least 4 members (excludes halogenated alkanes) is 2. The smallest absolute Gasteiger partial charge is 0.139 e. The van der Waals surface area contributed by atoms with E-state index in [-0.39, 0.29) is 0 Å². The van der Waals surface area contributed by atoms with Gasteiger partial charge in [-0.25, -0.2) is 29.9 Å². The summed E-state index contributed by atoms with van der Waals surface area (Å²) in [6.45, 7) is 5.77. The number of hydrogen-bond donors (Lipinski definition) is 0. The first kappa shape index (κ1) is 22.1. The van der Waals surface area contributed by atoms with Gasteiger partial charge in [0.05, 0.1) is 0 Å². The summed E-state index contributed by atoms with van der Waals surface area (Å²) in [5.74, 6) is 2.84. The molecule has 0 fully saturated rings. The predicted molar refractivity (Wildman–Crippen MR) is 120 cm³/mol. The first-order chi connectivity index (χ1) is 14.6. The van der Waals surface area contributed by atoms with Crippen molar-refractivity contribution in [1.29, 1.82) is 0 Å². The molecule has 3 heterocycles. The fraction of sp³-hybridized carbons (Fsp3) is 0.400. The summed E-state index contributed by atoms with van der Waals surface area (Å²) in [7, 11) is 0. The van der Waals surface area contributed by atoms with E-state index in [0.29, 0.717) is 21.9 Å². The Morgan fingerprint density at radius 3 is 1.33 bits per heavy atom. The number of rotatable bonds is 10. The lowest BCUT2D eigenvalue weighted by molar-refractivity contribution is 0.761. The minimum atomic E-state index is 0.385. The van der Waals surface area contributed by atoms with Crippen LogP contribution in [-0.2, 0) is 0 Å². The summed E-state index contributed by atoms with van der Waals surface area (Å²) < 4.78 is 0. The van der Waals surface area contributed by atoms with Crippen LogP contribution < -0.4 is 9.80 Å². The van der Waals surface area contributed by atoms with E-state index in [2.05, 4.69) is 43.8 Å². The second-order valence-corrected chi connectivity index (χ2v) is 7.42. The number of hydrogen-bond acceptors (Lipinski definition) is 8. The molecule has 0 saturated carbocycles. The minimum Gasteiger partial charge on any atom is -0.311 e. The number of aromatic nitrogens is 6. The molecule has 0 amide bonds. The summed E-state index contributed by atoms with van der Waals surface area (Å²) >= 11 is 12.2. The molecule has 0 atom stereocenters. The van der Waals surface area contributed by atoms with Gasteiger partial charge < -0.3 is 9.80 Å². The molecule has 30 heavy (non-hydrogen) atoms. The van der Waals surface area contributed by atoms with Crippen molar-refractivity contribution >= 4 is 46.5 Å². The fourth-order valence-electron chi connectivity index (χ4n) is 2.90. The van der Waals surface area contributed by atoms with Crippen LogP contribution in [0.4, 0.5) is 23.3 Å². The Morgan fingerprint density at radius 2 is 0.967 bits per heavy atom. The monoisotopic (exact) mass is 446 g/mol. The Kier molecular flexibility index (Phi) is 8.10. The maximum Gasteiger partial charge on any atom is 0.139 e. The lowest BCUT2D eigenvalue weighted by Crippen LogP contribution is -2.24. The Labute approximate surface area is 186 Å². The molecule has 10 heteroatoms. The molecule has 0 bridgehead atoms. The summed E-state index contributed by atoms with van der Waals surface area (Å²) in [6, 6.07) is 5.40. The van der Waals surface area contributed by atoms with Crippen molar-refractivity contribution in [2.75, 3.05) is 22.9 Å². The molecule has 0 unspecified atom stereocenters. The van der Waals surface area contributed by atoms with Crippen molar-refractivity contribution in [1.82, 2.24) is 29.9 Å². The molecule has 3 rings (SSSR count). The van der Waals surface area contributed by atoms with Gasteiger partial charge in [-0.3, -0.25) is 0 Å². The number of anilines is 4. The lowest BCUT2D eigenvalue weighted by atomic mass is 10.3. The molecular formula is C20H24Cl2N8. The van der Waals surface area contributed by atoms with Crippen LogP contribution in [-0.4, -0.2) is 43.0 Å². The highest BCUT2D eigenvalue weighted by atomic mass is 35.5. The molecule has 158 valence electrons. The van der Waals surface area contributed by atoms with E-state index in [0.717, 1.165) is 50.4 Å². The van der Waals surface area contributed by atoms with E-state index >= 15 is 0 Å². The van der Waals surface area contributed by atoms with E-state index in [9.17, 15) is 0 Å². The largest absolute Gasteiger partial charge is 0.311 e. The van der Waals surface area contributed by atoms with Crippen LogP contribution in [0.1, 0.15) is 39.5 Å². The molecule has 3 aromatic rings. The third-order valence-electron chi connectivity index (χ3n) is 4.45. The van der Waals surface area contributed by atoms with Crippen molar-refractivity contribution in [2.24, 2.45) is 0 Å².